The zero-order valence-electron chi connectivity index (χ0n) is 11.1. The van der Waals surface area contributed by atoms with E-state index in [-0.39, 0.29) is 11.3 Å². The van der Waals surface area contributed by atoms with Gasteiger partial charge < -0.3 is 14.6 Å². The van der Waals surface area contributed by atoms with Crippen molar-refractivity contribution in [3.8, 4) is 0 Å². The van der Waals surface area contributed by atoms with Crippen LogP contribution >= 0.6 is 11.3 Å². The highest BCUT2D eigenvalue weighted by Crippen LogP contribution is 2.23. The predicted octanol–water partition coefficient (Wildman–Crippen LogP) is 1.79. The second kappa shape index (κ2) is 6.18. The minimum Gasteiger partial charge on any atom is -0.453 e. The van der Waals surface area contributed by atoms with Gasteiger partial charge in [0.15, 0.2) is 5.69 Å². The van der Waals surface area contributed by atoms with Gasteiger partial charge in [0.25, 0.3) is 11.8 Å². The second-order valence-corrected chi connectivity index (χ2v) is 4.80. The number of hydrogen-bond donors (Lipinski definition) is 2. The zero-order valence-corrected chi connectivity index (χ0v) is 11.9. The molecule has 2 heterocycles. The van der Waals surface area contributed by atoms with Crippen LogP contribution in [0.5, 0.6) is 0 Å². The molecule has 2 aromatic heterocycles. The van der Waals surface area contributed by atoms with E-state index >= 15 is 0 Å². The van der Waals surface area contributed by atoms with Crippen LogP contribution in [-0.2, 0) is 4.74 Å². The first-order valence-electron chi connectivity index (χ1n) is 5.72. The summed E-state index contributed by atoms with van der Waals surface area (Å²) in [6.07, 6.45) is -0.879. The molecule has 0 saturated heterocycles. The highest BCUT2D eigenvalue weighted by molar-refractivity contribution is 7.14. The lowest BCUT2D eigenvalue weighted by Crippen LogP contribution is -2.30. The van der Waals surface area contributed by atoms with E-state index in [1.54, 1.807) is 12.3 Å². The summed E-state index contributed by atoms with van der Waals surface area (Å²) in [5.74, 6) is -0.689. The fourth-order valence-electron chi connectivity index (χ4n) is 1.44. The number of imide groups is 1. The van der Waals surface area contributed by atoms with Gasteiger partial charge in [0.1, 0.15) is 10.8 Å². The fraction of sp³-hybridized carbons (Fsp3) is 0.167. The highest BCUT2D eigenvalue weighted by Gasteiger charge is 2.19. The fourth-order valence-corrected chi connectivity index (χ4v) is 2.22. The number of thiophene rings is 1. The Balaban J connectivity index is 2.11. The molecule has 110 valence electrons. The predicted molar refractivity (Wildman–Crippen MR) is 73.4 cm³/mol. The summed E-state index contributed by atoms with van der Waals surface area (Å²) in [6.45, 7) is 1.66. The van der Waals surface area contributed by atoms with Crippen molar-refractivity contribution in [2.24, 2.45) is 0 Å². The number of methoxy groups -OCH3 is 1. The lowest BCUT2D eigenvalue weighted by atomic mass is 10.3. The molecule has 0 spiro atoms. The van der Waals surface area contributed by atoms with Crippen LogP contribution in [0.15, 0.2) is 22.0 Å². The highest BCUT2D eigenvalue weighted by atomic mass is 32.1. The zero-order chi connectivity index (χ0) is 15.4. The van der Waals surface area contributed by atoms with Crippen molar-refractivity contribution in [1.29, 1.82) is 0 Å². The van der Waals surface area contributed by atoms with Crippen LogP contribution in [0.4, 0.5) is 9.80 Å². The largest absolute Gasteiger partial charge is 0.453 e. The first-order chi connectivity index (χ1) is 10.0. The maximum atomic E-state index is 11.9. The van der Waals surface area contributed by atoms with Crippen molar-refractivity contribution >= 4 is 34.2 Å². The molecule has 2 aromatic rings. The van der Waals surface area contributed by atoms with E-state index in [4.69, 9.17) is 4.52 Å². The third-order valence-corrected chi connectivity index (χ3v) is 3.23. The van der Waals surface area contributed by atoms with E-state index in [1.165, 1.54) is 12.1 Å². The molecular formula is C12H11N3O5S. The van der Waals surface area contributed by atoms with Gasteiger partial charge in [0.05, 0.1) is 12.7 Å². The van der Waals surface area contributed by atoms with Crippen LogP contribution in [0.25, 0.3) is 0 Å². The molecule has 21 heavy (non-hydrogen) atoms. The second-order valence-electron chi connectivity index (χ2n) is 3.89. The number of carbonyl (C=O) groups is 3. The van der Waals surface area contributed by atoms with Crippen molar-refractivity contribution in [1.82, 2.24) is 10.5 Å². The van der Waals surface area contributed by atoms with Gasteiger partial charge in [0.2, 0.25) is 0 Å². The number of rotatable bonds is 3. The van der Waals surface area contributed by atoms with Gasteiger partial charge in [-0.05, 0) is 18.4 Å². The molecule has 0 radical (unpaired) electrons. The summed E-state index contributed by atoms with van der Waals surface area (Å²) in [4.78, 5) is 34.8. The summed E-state index contributed by atoms with van der Waals surface area (Å²) in [6, 6.07) is 2.95. The van der Waals surface area contributed by atoms with Crippen LogP contribution in [0, 0.1) is 6.92 Å². The van der Waals surface area contributed by atoms with Gasteiger partial charge in [-0.1, -0.05) is 5.16 Å². The Labute approximate surface area is 123 Å². The van der Waals surface area contributed by atoms with Crippen LogP contribution in [0.3, 0.4) is 0 Å². The van der Waals surface area contributed by atoms with E-state index in [0.717, 1.165) is 18.4 Å². The number of aromatic nitrogens is 1. The molecule has 0 saturated carbocycles. The Morgan fingerprint density at radius 1 is 1.33 bits per heavy atom. The molecular weight excluding hydrogens is 298 g/mol. The van der Waals surface area contributed by atoms with E-state index in [0.29, 0.717) is 10.8 Å². The number of anilines is 1. The smallest absolute Gasteiger partial charge is 0.413 e. The molecule has 0 aliphatic rings. The standard InChI is InChI=1S/C12H11N3O5S/c1-6-5-8(15-20-6)10(17)13-11-7(3-4-21-11)9(16)14-12(18)19-2/h3-5H,1-2H3,(H,13,17)(H,14,16,18). The van der Waals surface area contributed by atoms with E-state index in [2.05, 4.69) is 15.2 Å². The number of amides is 3. The number of carbonyl (C=O) groups excluding carboxylic acids is 3. The molecule has 2 rings (SSSR count). The molecule has 0 bridgehead atoms. The normalized spacial score (nSPS) is 10.0. The van der Waals surface area contributed by atoms with Crippen LogP contribution in [0.1, 0.15) is 26.6 Å². The monoisotopic (exact) mass is 309 g/mol. The number of aryl methyl sites for hydroxylation is 1. The molecule has 2 N–H and O–H groups in total. The summed E-state index contributed by atoms with van der Waals surface area (Å²) in [7, 11) is 1.14. The van der Waals surface area contributed by atoms with Crippen molar-refractivity contribution in [2.75, 3.05) is 12.4 Å². The summed E-state index contributed by atoms with van der Waals surface area (Å²) >= 11 is 1.14. The van der Waals surface area contributed by atoms with Crippen molar-refractivity contribution in [3.05, 3.63) is 34.5 Å². The molecule has 0 aliphatic heterocycles. The average molecular weight is 309 g/mol. The van der Waals surface area contributed by atoms with Gasteiger partial charge in [-0.15, -0.1) is 11.3 Å². The third kappa shape index (κ3) is 3.45. The number of ether oxygens (including phenoxy) is 1. The topological polar surface area (TPSA) is 111 Å². The van der Waals surface area contributed by atoms with Gasteiger partial charge in [0, 0.05) is 6.07 Å². The maximum Gasteiger partial charge on any atom is 0.413 e. The van der Waals surface area contributed by atoms with Gasteiger partial charge in [-0.3, -0.25) is 14.9 Å². The Hall–Kier alpha value is -2.68. The molecule has 9 heteroatoms. The Morgan fingerprint density at radius 2 is 2.10 bits per heavy atom. The molecule has 0 aromatic carbocycles. The van der Waals surface area contributed by atoms with Crippen LogP contribution in [0.2, 0.25) is 0 Å². The summed E-state index contributed by atoms with van der Waals surface area (Å²) in [5.41, 5.74) is 0.249. The molecule has 0 fully saturated rings. The van der Waals surface area contributed by atoms with E-state index < -0.39 is 17.9 Å². The quantitative estimate of drug-likeness (QED) is 0.894. The number of nitrogens with one attached hydrogen (secondary N) is 2. The Morgan fingerprint density at radius 3 is 2.71 bits per heavy atom. The van der Waals surface area contributed by atoms with Crippen molar-refractivity contribution in [3.63, 3.8) is 0 Å². The summed E-state index contributed by atoms with van der Waals surface area (Å²) in [5, 5.41) is 10.0. The number of hydrogen-bond acceptors (Lipinski definition) is 7. The number of nitrogens with zero attached hydrogens (tertiary/aromatic N) is 1. The first-order valence-corrected chi connectivity index (χ1v) is 6.60. The van der Waals surface area contributed by atoms with Gasteiger partial charge in [-0.2, -0.15) is 0 Å². The molecule has 0 unspecified atom stereocenters. The minimum atomic E-state index is -0.879. The molecule has 3 amide bonds. The minimum absolute atomic E-state index is 0.0974. The third-order valence-electron chi connectivity index (χ3n) is 2.40. The lowest BCUT2D eigenvalue weighted by Gasteiger charge is -2.04. The molecule has 0 atom stereocenters. The Kier molecular flexibility index (Phi) is 4.33. The van der Waals surface area contributed by atoms with Crippen LogP contribution < -0.4 is 10.6 Å². The van der Waals surface area contributed by atoms with Crippen molar-refractivity contribution in [2.45, 2.75) is 6.92 Å². The lowest BCUT2D eigenvalue weighted by molar-refractivity contribution is 0.0938. The SMILES string of the molecule is COC(=O)NC(=O)c1ccsc1NC(=O)c1cc(C)on1. The van der Waals surface area contributed by atoms with Gasteiger partial charge in [-0.25, -0.2) is 4.79 Å². The molecule has 0 aliphatic carbocycles. The van der Waals surface area contributed by atoms with E-state index in [9.17, 15) is 14.4 Å². The van der Waals surface area contributed by atoms with Crippen LogP contribution in [-0.4, -0.2) is 30.2 Å². The summed E-state index contributed by atoms with van der Waals surface area (Å²) < 4.78 is 9.14. The van der Waals surface area contributed by atoms with E-state index in [1.807, 2.05) is 5.32 Å². The van der Waals surface area contributed by atoms with Crippen molar-refractivity contribution < 1.29 is 23.6 Å². The van der Waals surface area contributed by atoms with Gasteiger partial charge >= 0.3 is 6.09 Å². The first kappa shape index (κ1) is 14.7. The Bertz CT molecular complexity index is 691. The number of alkyl carbamates (subject to hydrolysis) is 1. The maximum absolute atomic E-state index is 11.9. The average Bonchev–Trinajstić information content (AvgIpc) is 3.07. The molecule has 8 nitrogen and oxygen atoms in total.